The molecule has 0 radical (unpaired) electrons. The summed E-state index contributed by atoms with van der Waals surface area (Å²) >= 11 is 0. The fourth-order valence-corrected chi connectivity index (χ4v) is 4.82. The summed E-state index contributed by atoms with van der Waals surface area (Å²) in [6.07, 6.45) is 8.35. The fraction of sp³-hybridized carbons (Fsp3) is 0.609. The van der Waals surface area contributed by atoms with Crippen LogP contribution in [-0.4, -0.2) is 102 Å². The van der Waals surface area contributed by atoms with Crippen molar-refractivity contribution in [2.45, 2.75) is 44.7 Å². The molecule has 1 atom stereocenters. The van der Waals surface area contributed by atoms with Gasteiger partial charge >= 0.3 is 0 Å². The van der Waals surface area contributed by atoms with Crippen LogP contribution in [0.25, 0.3) is 0 Å². The smallest absolute Gasteiger partial charge is 0.266 e. The summed E-state index contributed by atoms with van der Waals surface area (Å²) in [5.74, 6) is -0.209. The number of likely N-dealkylation sites (tertiary alicyclic amines) is 1. The van der Waals surface area contributed by atoms with E-state index < -0.39 is 5.54 Å². The molecule has 2 saturated heterocycles. The highest BCUT2D eigenvalue weighted by Crippen LogP contribution is 2.36. The maximum absolute atomic E-state index is 13.6. The lowest BCUT2D eigenvalue weighted by atomic mass is 9.90. The molecule has 32 heavy (non-hydrogen) atoms. The maximum Gasteiger partial charge on any atom is 0.266 e. The number of aliphatic imine (C=N–C) groups is 2. The number of nitriles is 1. The molecular weight excluding hydrogens is 406 g/mol. The second kappa shape index (κ2) is 8.87. The van der Waals surface area contributed by atoms with Gasteiger partial charge in [-0.25, -0.2) is 0 Å². The number of carbonyl (C=O) groups is 2. The zero-order chi connectivity index (χ0) is 22.9. The molecule has 0 aliphatic carbocycles. The second-order valence-corrected chi connectivity index (χ2v) is 9.24. The lowest BCUT2D eigenvalue weighted by molar-refractivity contribution is -0.136. The minimum Gasteiger partial charge on any atom is -0.343 e. The van der Waals surface area contributed by atoms with E-state index in [9.17, 15) is 14.9 Å². The zero-order valence-corrected chi connectivity index (χ0v) is 19.1. The highest BCUT2D eigenvalue weighted by atomic mass is 16.2. The first-order valence-corrected chi connectivity index (χ1v) is 11.3. The van der Waals surface area contributed by atoms with Gasteiger partial charge in [0.2, 0.25) is 5.91 Å². The molecule has 1 unspecified atom stereocenters. The minimum atomic E-state index is -0.746. The van der Waals surface area contributed by atoms with Crippen LogP contribution in [0.4, 0.5) is 0 Å². The molecular formula is C23H31N7O2. The van der Waals surface area contributed by atoms with Crippen LogP contribution in [0.1, 0.15) is 33.1 Å². The third kappa shape index (κ3) is 3.95. The largest absolute Gasteiger partial charge is 0.343 e. The van der Waals surface area contributed by atoms with Gasteiger partial charge in [-0.2, -0.15) is 5.26 Å². The number of piperazine rings is 1. The summed E-state index contributed by atoms with van der Waals surface area (Å²) in [5.41, 5.74) is 0.867. The van der Waals surface area contributed by atoms with Crippen LogP contribution < -0.4 is 0 Å². The van der Waals surface area contributed by atoms with E-state index in [1.807, 2.05) is 24.8 Å². The number of carbonyl (C=O) groups excluding carboxylic acids is 2. The maximum atomic E-state index is 13.6. The molecule has 4 heterocycles. The molecule has 0 aromatic carbocycles. The molecule has 0 N–H and O–H groups in total. The molecule has 9 nitrogen and oxygen atoms in total. The van der Waals surface area contributed by atoms with Crippen LogP contribution in [0, 0.1) is 11.3 Å². The molecule has 170 valence electrons. The summed E-state index contributed by atoms with van der Waals surface area (Å²) in [7, 11) is 1.80. The number of piperidine rings is 1. The summed E-state index contributed by atoms with van der Waals surface area (Å²) < 4.78 is 0. The second-order valence-electron chi connectivity index (χ2n) is 9.24. The summed E-state index contributed by atoms with van der Waals surface area (Å²) in [6.45, 7) is 7.34. The first-order valence-electron chi connectivity index (χ1n) is 11.3. The van der Waals surface area contributed by atoms with E-state index in [-0.39, 0.29) is 30.0 Å². The number of allylic oxidation sites excluding steroid dienone is 1. The molecule has 0 bridgehead atoms. The monoisotopic (exact) mass is 437 g/mol. The highest BCUT2D eigenvalue weighted by molar-refractivity contribution is 5.99. The van der Waals surface area contributed by atoms with Crippen molar-refractivity contribution in [2.24, 2.45) is 9.98 Å². The van der Waals surface area contributed by atoms with Crippen molar-refractivity contribution >= 4 is 24.4 Å². The van der Waals surface area contributed by atoms with Crippen LogP contribution in [0.15, 0.2) is 33.0 Å². The van der Waals surface area contributed by atoms with Crippen LogP contribution in [0.5, 0.6) is 0 Å². The summed E-state index contributed by atoms with van der Waals surface area (Å²) in [5, 5.41) is 10.2. The van der Waals surface area contributed by atoms with E-state index in [1.54, 1.807) is 29.4 Å². The number of rotatable bonds is 4. The summed E-state index contributed by atoms with van der Waals surface area (Å²) in [4.78, 5) is 42.4. The van der Waals surface area contributed by atoms with Gasteiger partial charge < -0.3 is 14.7 Å². The van der Waals surface area contributed by atoms with Crippen LogP contribution in [0.2, 0.25) is 0 Å². The van der Waals surface area contributed by atoms with Crippen molar-refractivity contribution in [1.82, 2.24) is 19.6 Å². The van der Waals surface area contributed by atoms with Gasteiger partial charge in [0, 0.05) is 39.4 Å². The molecule has 0 aromatic rings. The minimum absolute atomic E-state index is 0.0292. The number of hydrogen-bond donors (Lipinski definition) is 0. The first kappa shape index (κ1) is 22.2. The quantitative estimate of drug-likeness (QED) is 0.483. The number of nitrogens with zero attached hydrogens (tertiary/aromatic N) is 7. The molecule has 4 aliphatic rings. The lowest BCUT2D eigenvalue weighted by Gasteiger charge is -2.46. The van der Waals surface area contributed by atoms with E-state index in [0.29, 0.717) is 38.4 Å². The Labute approximate surface area is 189 Å². The standard InChI is InChI=1S/C23H31N7O2/c1-23(2,29-12-11-27(3)20(31)15-29)21(30-16-26-18-14-25-8-7-19(18)30)17(13-24)22(32)28-9-5-4-6-10-28/h7-8,16,18H,4-6,9-12,14-15H2,1-3H3. The molecule has 0 aromatic heterocycles. The Morgan fingerprint density at radius 3 is 2.62 bits per heavy atom. The van der Waals surface area contributed by atoms with Crippen LogP contribution in [0.3, 0.4) is 0 Å². The van der Waals surface area contributed by atoms with E-state index >= 15 is 0 Å². The molecule has 4 rings (SSSR count). The molecule has 0 saturated carbocycles. The van der Waals surface area contributed by atoms with Crippen molar-refractivity contribution in [3.63, 3.8) is 0 Å². The third-order valence-electron chi connectivity index (χ3n) is 6.88. The van der Waals surface area contributed by atoms with Gasteiger partial charge in [-0.3, -0.25) is 24.5 Å². The normalized spacial score (nSPS) is 24.8. The molecule has 2 amide bonds. The molecule has 2 fully saturated rings. The van der Waals surface area contributed by atoms with E-state index in [2.05, 4.69) is 21.0 Å². The Kier molecular flexibility index (Phi) is 6.15. The van der Waals surface area contributed by atoms with E-state index in [4.69, 9.17) is 0 Å². The van der Waals surface area contributed by atoms with Gasteiger partial charge in [0.1, 0.15) is 17.7 Å². The molecule has 9 heteroatoms. The Morgan fingerprint density at radius 2 is 1.94 bits per heavy atom. The highest BCUT2D eigenvalue weighted by Gasteiger charge is 2.44. The van der Waals surface area contributed by atoms with Crippen molar-refractivity contribution in [3.05, 3.63) is 23.0 Å². The number of hydrogen-bond acceptors (Lipinski definition) is 7. The van der Waals surface area contributed by atoms with Gasteiger partial charge in [0.25, 0.3) is 5.91 Å². The average Bonchev–Trinajstić information content (AvgIpc) is 3.22. The Morgan fingerprint density at radius 1 is 1.19 bits per heavy atom. The van der Waals surface area contributed by atoms with Crippen molar-refractivity contribution in [3.8, 4) is 6.07 Å². The van der Waals surface area contributed by atoms with Gasteiger partial charge in [0.15, 0.2) is 0 Å². The zero-order valence-electron chi connectivity index (χ0n) is 19.1. The Bertz CT molecular complexity index is 950. The van der Waals surface area contributed by atoms with Gasteiger partial charge in [-0.1, -0.05) is 0 Å². The predicted molar refractivity (Wildman–Crippen MR) is 122 cm³/mol. The van der Waals surface area contributed by atoms with E-state index in [0.717, 1.165) is 25.0 Å². The Hall–Kier alpha value is -2.99. The molecule has 0 spiro atoms. The van der Waals surface area contributed by atoms with E-state index in [1.165, 1.54) is 0 Å². The van der Waals surface area contributed by atoms with Gasteiger partial charge in [-0.05, 0) is 39.2 Å². The Balaban J connectivity index is 1.80. The van der Waals surface area contributed by atoms with Crippen molar-refractivity contribution in [2.75, 3.05) is 46.3 Å². The van der Waals surface area contributed by atoms with Crippen LogP contribution in [-0.2, 0) is 9.59 Å². The van der Waals surface area contributed by atoms with Gasteiger partial charge in [-0.15, -0.1) is 0 Å². The van der Waals surface area contributed by atoms with Crippen molar-refractivity contribution in [1.29, 1.82) is 5.26 Å². The first-order chi connectivity index (χ1) is 15.3. The third-order valence-corrected chi connectivity index (χ3v) is 6.88. The fourth-order valence-electron chi connectivity index (χ4n) is 4.82. The number of amides is 2. The number of likely N-dealkylation sites (N-methyl/N-ethyl adjacent to an activating group) is 1. The average molecular weight is 438 g/mol. The number of fused-ring (bicyclic) bond motifs is 1. The number of dihydropyridines is 1. The molecule has 4 aliphatic heterocycles. The predicted octanol–water partition coefficient (Wildman–Crippen LogP) is 1.01. The topological polar surface area (TPSA) is 95.6 Å². The lowest BCUT2D eigenvalue weighted by Crippen LogP contribution is -2.59. The van der Waals surface area contributed by atoms with Crippen molar-refractivity contribution < 1.29 is 9.59 Å². The van der Waals surface area contributed by atoms with Crippen LogP contribution >= 0.6 is 0 Å². The van der Waals surface area contributed by atoms with Gasteiger partial charge in [0.05, 0.1) is 36.4 Å². The SMILES string of the molecule is CN1CCN(C(C)(C)C(=C(C#N)C(=O)N2CCCCC2)N2C=NC3CN=CC=C32)CC1=O. The summed E-state index contributed by atoms with van der Waals surface area (Å²) in [6, 6.07) is 2.12.